The van der Waals surface area contributed by atoms with E-state index >= 15 is 0 Å². The lowest BCUT2D eigenvalue weighted by Crippen LogP contribution is -2.32. The fourth-order valence-corrected chi connectivity index (χ4v) is 2.11. The molecule has 1 aromatic rings. The molecule has 1 amide bonds. The number of halogens is 4. The van der Waals surface area contributed by atoms with E-state index in [1.165, 1.54) is 12.1 Å². The van der Waals surface area contributed by atoms with Gasteiger partial charge in [0.25, 0.3) is 0 Å². The number of hydrogen-bond donors (Lipinski definition) is 1. The summed E-state index contributed by atoms with van der Waals surface area (Å²) in [5.41, 5.74) is 5.59. The van der Waals surface area contributed by atoms with Gasteiger partial charge < -0.3 is 10.6 Å². The molecule has 1 aliphatic rings. The number of rotatable bonds is 2. The second-order valence-corrected chi connectivity index (χ2v) is 4.76. The Hall–Kier alpha value is -1.27. The Morgan fingerprint density at radius 3 is 2.35 bits per heavy atom. The van der Waals surface area contributed by atoms with Crippen molar-refractivity contribution in [1.29, 1.82) is 0 Å². The third-order valence-electron chi connectivity index (χ3n) is 3.21. The van der Waals surface area contributed by atoms with E-state index in [4.69, 9.17) is 5.73 Å². The molecule has 0 radical (unpaired) electrons. The number of alkyl halides is 3. The first kappa shape index (κ1) is 16.8. The SMILES string of the molecule is Cl.N[C@@H]1CCN(C(=O)Cc2ccc(C(F)(F)F)cc2)C1. The molecule has 2 rings (SSSR count). The first-order chi connectivity index (χ1) is 8.86. The molecular weight excluding hydrogens is 293 g/mol. The number of benzene rings is 1. The largest absolute Gasteiger partial charge is 0.416 e. The zero-order chi connectivity index (χ0) is 14.0. The summed E-state index contributed by atoms with van der Waals surface area (Å²) >= 11 is 0. The Labute approximate surface area is 121 Å². The molecule has 112 valence electrons. The van der Waals surface area contributed by atoms with E-state index in [2.05, 4.69) is 0 Å². The summed E-state index contributed by atoms with van der Waals surface area (Å²) in [6.07, 6.45) is -3.45. The van der Waals surface area contributed by atoms with Crippen LogP contribution in [0.1, 0.15) is 17.5 Å². The summed E-state index contributed by atoms with van der Waals surface area (Å²) in [4.78, 5) is 13.5. The second kappa shape index (κ2) is 6.45. The highest BCUT2D eigenvalue weighted by Crippen LogP contribution is 2.29. The maximum Gasteiger partial charge on any atom is 0.416 e. The molecule has 20 heavy (non-hydrogen) atoms. The second-order valence-electron chi connectivity index (χ2n) is 4.76. The van der Waals surface area contributed by atoms with Gasteiger partial charge in [-0.05, 0) is 24.1 Å². The van der Waals surface area contributed by atoms with Crippen molar-refractivity contribution in [2.45, 2.75) is 25.1 Å². The number of amides is 1. The summed E-state index contributed by atoms with van der Waals surface area (Å²) in [5, 5.41) is 0. The highest BCUT2D eigenvalue weighted by atomic mass is 35.5. The summed E-state index contributed by atoms with van der Waals surface area (Å²) in [6, 6.07) is 4.70. The van der Waals surface area contributed by atoms with Gasteiger partial charge in [0.1, 0.15) is 0 Å². The number of nitrogens with two attached hydrogens (primary N) is 1. The number of nitrogens with zero attached hydrogens (tertiary/aromatic N) is 1. The van der Waals surface area contributed by atoms with Crippen LogP contribution in [-0.4, -0.2) is 29.9 Å². The molecule has 0 spiro atoms. The van der Waals surface area contributed by atoms with Crippen LogP contribution in [0.3, 0.4) is 0 Å². The van der Waals surface area contributed by atoms with E-state index in [0.29, 0.717) is 18.7 Å². The first-order valence-corrected chi connectivity index (χ1v) is 6.06. The highest BCUT2D eigenvalue weighted by molar-refractivity contribution is 5.85. The van der Waals surface area contributed by atoms with Gasteiger partial charge >= 0.3 is 6.18 Å². The first-order valence-electron chi connectivity index (χ1n) is 6.06. The molecule has 1 aromatic carbocycles. The molecule has 3 nitrogen and oxygen atoms in total. The van der Waals surface area contributed by atoms with Crippen molar-refractivity contribution in [1.82, 2.24) is 4.90 Å². The average molecular weight is 309 g/mol. The van der Waals surface area contributed by atoms with Crippen LogP contribution in [0.5, 0.6) is 0 Å². The molecule has 1 heterocycles. The Kier molecular flexibility index (Phi) is 5.42. The van der Waals surface area contributed by atoms with Crippen LogP contribution in [0.4, 0.5) is 13.2 Å². The van der Waals surface area contributed by atoms with Crippen molar-refractivity contribution in [2.75, 3.05) is 13.1 Å². The minimum atomic E-state index is -4.34. The minimum absolute atomic E-state index is 0. The van der Waals surface area contributed by atoms with E-state index in [0.717, 1.165) is 18.6 Å². The normalized spacial score (nSPS) is 18.8. The lowest BCUT2D eigenvalue weighted by Gasteiger charge is -2.16. The molecule has 2 N–H and O–H groups in total. The van der Waals surface area contributed by atoms with Crippen molar-refractivity contribution < 1.29 is 18.0 Å². The lowest BCUT2D eigenvalue weighted by atomic mass is 10.1. The highest BCUT2D eigenvalue weighted by Gasteiger charge is 2.30. The van der Waals surface area contributed by atoms with Crippen LogP contribution in [0, 0.1) is 0 Å². The van der Waals surface area contributed by atoms with Crippen molar-refractivity contribution in [3.63, 3.8) is 0 Å². The molecule has 1 aliphatic heterocycles. The van der Waals surface area contributed by atoms with E-state index in [-0.39, 0.29) is 30.8 Å². The maximum absolute atomic E-state index is 12.4. The van der Waals surface area contributed by atoms with Gasteiger partial charge in [0.2, 0.25) is 5.91 Å². The predicted octanol–water partition coefficient (Wildman–Crippen LogP) is 2.23. The van der Waals surface area contributed by atoms with E-state index in [1.807, 2.05) is 0 Å². The number of carbonyl (C=O) groups excluding carboxylic acids is 1. The van der Waals surface area contributed by atoms with Crippen LogP contribution >= 0.6 is 12.4 Å². The molecule has 0 aromatic heterocycles. The summed E-state index contributed by atoms with van der Waals surface area (Å²) in [6.45, 7) is 1.15. The fraction of sp³-hybridized carbons (Fsp3) is 0.462. The van der Waals surface area contributed by atoms with Gasteiger partial charge in [-0.15, -0.1) is 12.4 Å². The topological polar surface area (TPSA) is 46.3 Å². The Morgan fingerprint density at radius 2 is 1.90 bits per heavy atom. The van der Waals surface area contributed by atoms with Crippen molar-refractivity contribution >= 4 is 18.3 Å². The van der Waals surface area contributed by atoms with Gasteiger partial charge in [0.15, 0.2) is 0 Å². The van der Waals surface area contributed by atoms with Gasteiger partial charge in [0.05, 0.1) is 12.0 Å². The average Bonchev–Trinajstić information content (AvgIpc) is 2.75. The van der Waals surface area contributed by atoms with Crippen LogP contribution < -0.4 is 5.73 Å². The molecule has 7 heteroatoms. The van der Waals surface area contributed by atoms with Crippen LogP contribution in [0.15, 0.2) is 24.3 Å². The molecule has 1 saturated heterocycles. The molecular formula is C13H16ClF3N2O. The third-order valence-corrected chi connectivity index (χ3v) is 3.21. The van der Waals surface area contributed by atoms with Gasteiger partial charge in [-0.25, -0.2) is 0 Å². The van der Waals surface area contributed by atoms with Crippen LogP contribution in [0.2, 0.25) is 0 Å². The lowest BCUT2D eigenvalue weighted by molar-refractivity contribution is -0.137. The maximum atomic E-state index is 12.4. The minimum Gasteiger partial charge on any atom is -0.341 e. The Morgan fingerprint density at radius 1 is 1.30 bits per heavy atom. The molecule has 0 saturated carbocycles. The zero-order valence-electron chi connectivity index (χ0n) is 10.7. The van der Waals surface area contributed by atoms with Crippen molar-refractivity contribution in [3.05, 3.63) is 35.4 Å². The molecule has 0 bridgehead atoms. The van der Waals surface area contributed by atoms with E-state index < -0.39 is 11.7 Å². The fourth-order valence-electron chi connectivity index (χ4n) is 2.11. The number of hydrogen-bond acceptors (Lipinski definition) is 2. The molecule has 0 aliphatic carbocycles. The quantitative estimate of drug-likeness (QED) is 0.910. The van der Waals surface area contributed by atoms with Crippen LogP contribution in [0.25, 0.3) is 0 Å². The zero-order valence-corrected chi connectivity index (χ0v) is 11.5. The standard InChI is InChI=1S/C13H15F3N2O.ClH/c14-13(15,16)10-3-1-9(2-4-10)7-12(19)18-6-5-11(17)8-18;/h1-4,11H,5-8,17H2;1H/t11-;/m1./s1. The monoisotopic (exact) mass is 308 g/mol. The molecule has 1 atom stereocenters. The van der Waals surface area contributed by atoms with Gasteiger partial charge in [0, 0.05) is 19.1 Å². The smallest absolute Gasteiger partial charge is 0.341 e. The van der Waals surface area contributed by atoms with Gasteiger partial charge in [-0.3, -0.25) is 4.79 Å². The van der Waals surface area contributed by atoms with E-state index in [1.54, 1.807) is 4.90 Å². The summed E-state index contributed by atoms with van der Waals surface area (Å²) in [7, 11) is 0. The Bertz CT molecular complexity index is 462. The number of carbonyl (C=O) groups is 1. The van der Waals surface area contributed by atoms with Gasteiger partial charge in [-0.1, -0.05) is 12.1 Å². The van der Waals surface area contributed by atoms with Gasteiger partial charge in [-0.2, -0.15) is 13.2 Å². The summed E-state index contributed by atoms with van der Waals surface area (Å²) in [5.74, 6) is -0.0901. The van der Waals surface area contributed by atoms with Crippen molar-refractivity contribution in [3.8, 4) is 0 Å². The number of likely N-dealkylation sites (tertiary alicyclic amines) is 1. The van der Waals surface area contributed by atoms with Crippen LogP contribution in [-0.2, 0) is 17.4 Å². The predicted molar refractivity (Wildman–Crippen MR) is 71.6 cm³/mol. The molecule has 1 fully saturated rings. The molecule has 0 unspecified atom stereocenters. The third kappa shape index (κ3) is 4.11. The van der Waals surface area contributed by atoms with E-state index in [9.17, 15) is 18.0 Å². The Balaban J connectivity index is 0.00000200. The van der Waals surface area contributed by atoms with Crippen molar-refractivity contribution in [2.24, 2.45) is 5.73 Å². The summed E-state index contributed by atoms with van der Waals surface area (Å²) < 4.78 is 37.1.